The van der Waals surface area contributed by atoms with Crippen molar-refractivity contribution in [2.75, 3.05) is 25.6 Å². The number of halogens is 2. The lowest BCUT2D eigenvalue weighted by Gasteiger charge is -2.07. The molecule has 1 aromatic heterocycles. The van der Waals surface area contributed by atoms with Crippen LogP contribution in [0.2, 0.25) is 0 Å². The number of carbonyl (C=O) groups is 1. The summed E-state index contributed by atoms with van der Waals surface area (Å²) >= 11 is 0. The molecule has 1 heterocycles. The molecule has 0 atom stereocenters. The molecule has 0 bridgehead atoms. The molecule has 0 aliphatic carbocycles. The molecule has 0 saturated carbocycles. The van der Waals surface area contributed by atoms with Crippen molar-refractivity contribution in [2.45, 2.75) is 26.2 Å². The van der Waals surface area contributed by atoms with Gasteiger partial charge >= 0.3 is 5.97 Å². The number of nitrogens with two attached hydrogens (primary N) is 1. The quantitative estimate of drug-likeness (QED) is 0.528. The molecule has 0 aliphatic rings. The molecule has 0 saturated heterocycles. The van der Waals surface area contributed by atoms with Gasteiger partial charge in [0.05, 0.1) is 25.2 Å². The second-order valence-corrected chi connectivity index (χ2v) is 4.07. The number of hydrogen-bond donors (Lipinski definition) is 2. The molecule has 0 radical (unpaired) electrons. The number of carbonyl (C=O) groups excluding carboxylic acids is 1. The number of alkyl halides is 2. The van der Waals surface area contributed by atoms with Crippen LogP contribution >= 0.6 is 0 Å². The molecule has 0 aliphatic heterocycles. The van der Waals surface area contributed by atoms with Gasteiger partial charge in [-0.2, -0.15) is 0 Å². The lowest BCUT2D eigenvalue weighted by molar-refractivity contribution is -0.142. The van der Waals surface area contributed by atoms with Crippen molar-refractivity contribution in [3.8, 4) is 0 Å². The number of rotatable bonds is 8. The molecule has 9 heteroatoms. The van der Waals surface area contributed by atoms with E-state index in [1.807, 2.05) is 0 Å². The third-order valence-electron chi connectivity index (χ3n) is 2.45. The third kappa shape index (κ3) is 5.86. The Bertz CT molecular complexity index is 534. The summed E-state index contributed by atoms with van der Waals surface area (Å²) in [6, 6.07) is 0. The summed E-state index contributed by atoms with van der Waals surface area (Å²) in [5, 5.41) is 0. The molecule has 118 valence electrons. The lowest BCUT2D eigenvalue weighted by Crippen LogP contribution is -2.23. The first-order chi connectivity index (χ1) is 9.93. The maximum Gasteiger partial charge on any atom is 0.310 e. The third-order valence-corrected chi connectivity index (χ3v) is 2.45. The van der Waals surface area contributed by atoms with Gasteiger partial charge in [-0.3, -0.25) is 9.59 Å². The zero-order valence-electron chi connectivity index (χ0n) is 11.5. The average molecular weight is 305 g/mol. The molecule has 0 fully saturated rings. The molecule has 0 amide bonds. The first-order valence-electron chi connectivity index (χ1n) is 6.33. The Morgan fingerprint density at radius 3 is 2.76 bits per heavy atom. The number of aromatic nitrogens is 2. The Morgan fingerprint density at radius 2 is 2.19 bits per heavy atom. The molecule has 7 nitrogen and oxygen atoms in total. The van der Waals surface area contributed by atoms with E-state index in [1.54, 1.807) is 6.92 Å². The number of nitrogen functional groups attached to an aromatic ring is 1. The smallest absolute Gasteiger partial charge is 0.310 e. The molecule has 1 rings (SSSR count). The van der Waals surface area contributed by atoms with E-state index >= 15 is 0 Å². The lowest BCUT2D eigenvalue weighted by atomic mass is 10.2. The van der Waals surface area contributed by atoms with E-state index in [4.69, 9.17) is 10.5 Å². The van der Waals surface area contributed by atoms with E-state index in [-0.39, 0.29) is 43.3 Å². The van der Waals surface area contributed by atoms with Crippen LogP contribution in [0.5, 0.6) is 0 Å². The van der Waals surface area contributed by atoms with Crippen LogP contribution in [-0.2, 0) is 27.1 Å². The average Bonchev–Trinajstić information content (AvgIpc) is 2.39. The molecular formula is C12H17F2N3O4. The summed E-state index contributed by atoms with van der Waals surface area (Å²) in [6.07, 6.45) is -2.69. The monoisotopic (exact) mass is 305 g/mol. The van der Waals surface area contributed by atoms with Crippen molar-refractivity contribution in [2.24, 2.45) is 0 Å². The van der Waals surface area contributed by atoms with Crippen LogP contribution in [-0.4, -0.2) is 42.2 Å². The van der Waals surface area contributed by atoms with Gasteiger partial charge in [-0.1, -0.05) is 0 Å². The standard InChI is InChI=1S/C12H17F2N3O4/c1-2-21-10(18)5-7-11(15)16-9(17-12(7)19)3-4-20-6-8(13)14/h8H,2-6H2,1H3,(H3,15,16,17,19). The fourth-order valence-corrected chi connectivity index (χ4v) is 1.55. The van der Waals surface area contributed by atoms with Crippen LogP contribution in [0.4, 0.5) is 14.6 Å². The van der Waals surface area contributed by atoms with Gasteiger partial charge in [0.25, 0.3) is 12.0 Å². The zero-order chi connectivity index (χ0) is 15.8. The fraction of sp³-hybridized carbons (Fsp3) is 0.583. The number of nitrogens with one attached hydrogen (secondary N) is 1. The number of nitrogens with zero attached hydrogens (tertiary/aromatic N) is 1. The van der Waals surface area contributed by atoms with Crippen LogP contribution in [0, 0.1) is 0 Å². The number of aromatic amines is 1. The predicted octanol–water partition coefficient (Wildman–Crippen LogP) is 0.282. The molecule has 1 aromatic rings. The molecular weight excluding hydrogens is 288 g/mol. The minimum atomic E-state index is -2.55. The molecule has 0 aromatic carbocycles. The Hall–Kier alpha value is -2.03. The van der Waals surface area contributed by atoms with Crippen LogP contribution in [0.3, 0.4) is 0 Å². The molecule has 3 N–H and O–H groups in total. The highest BCUT2D eigenvalue weighted by atomic mass is 19.3. The topological polar surface area (TPSA) is 107 Å². The Labute approximate surface area is 119 Å². The van der Waals surface area contributed by atoms with Crippen molar-refractivity contribution in [3.63, 3.8) is 0 Å². The van der Waals surface area contributed by atoms with E-state index in [0.717, 1.165) is 0 Å². The van der Waals surface area contributed by atoms with Crippen LogP contribution in [0.1, 0.15) is 18.3 Å². The number of esters is 1. The minimum absolute atomic E-state index is 0.0192. The SMILES string of the molecule is CCOC(=O)Cc1c(N)nc(CCOCC(F)F)[nH]c1=O. The Balaban J connectivity index is 2.67. The van der Waals surface area contributed by atoms with Gasteiger partial charge in [-0.05, 0) is 6.92 Å². The predicted molar refractivity (Wildman–Crippen MR) is 70.1 cm³/mol. The highest BCUT2D eigenvalue weighted by Crippen LogP contribution is 2.05. The number of hydrogen-bond acceptors (Lipinski definition) is 6. The summed E-state index contributed by atoms with van der Waals surface area (Å²) in [7, 11) is 0. The second-order valence-electron chi connectivity index (χ2n) is 4.07. The maximum absolute atomic E-state index is 11.9. The fourth-order valence-electron chi connectivity index (χ4n) is 1.55. The van der Waals surface area contributed by atoms with E-state index in [0.29, 0.717) is 0 Å². The van der Waals surface area contributed by atoms with Crippen LogP contribution < -0.4 is 11.3 Å². The highest BCUT2D eigenvalue weighted by molar-refractivity contribution is 5.74. The Kier molecular flexibility index (Phi) is 6.73. The zero-order valence-corrected chi connectivity index (χ0v) is 11.5. The molecule has 0 spiro atoms. The normalized spacial score (nSPS) is 10.9. The van der Waals surface area contributed by atoms with Crippen molar-refractivity contribution in [1.82, 2.24) is 9.97 Å². The number of ether oxygens (including phenoxy) is 2. The molecule has 21 heavy (non-hydrogen) atoms. The summed E-state index contributed by atoms with van der Waals surface area (Å²) < 4.78 is 33.1. The van der Waals surface area contributed by atoms with Crippen LogP contribution in [0.25, 0.3) is 0 Å². The van der Waals surface area contributed by atoms with E-state index < -0.39 is 24.6 Å². The Morgan fingerprint density at radius 1 is 1.48 bits per heavy atom. The van der Waals surface area contributed by atoms with E-state index in [9.17, 15) is 18.4 Å². The number of H-pyrrole nitrogens is 1. The van der Waals surface area contributed by atoms with Crippen molar-refractivity contribution < 1.29 is 23.0 Å². The van der Waals surface area contributed by atoms with Gasteiger partial charge in [0.15, 0.2) is 0 Å². The van der Waals surface area contributed by atoms with E-state index in [2.05, 4.69) is 14.7 Å². The largest absolute Gasteiger partial charge is 0.466 e. The van der Waals surface area contributed by atoms with Gasteiger partial charge in [0.1, 0.15) is 18.2 Å². The number of anilines is 1. The van der Waals surface area contributed by atoms with E-state index in [1.165, 1.54) is 0 Å². The first kappa shape index (κ1) is 17.0. The summed E-state index contributed by atoms with van der Waals surface area (Å²) in [4.78, 5) is 29.5. The minimum Gasteiger partial charge on any atom is -0.466 e. The summed E-state index contributed by atoms with van der Waals surface area (Å²) in [6.45, 7) is 1.14. The van der Waals surface area contributed by atoms with Crippen LogP contribution in [0.15, 0.2) is 4.79 Å². The van der Waals surface area contributed by atoms with Crippen molar-refractivity contribution in [3.05, 3.63) is 21.7 Å². The van der Waals surface area contributed by atoms with Crippen molar-refractivity contribution >= 4 is 11.8 Å². The van der Waals surface area contributed by atoms with Gasteiger partial charge in [-0.25, -0.2) is 13.8 Å². The second kappa shape index (κ2) is 8.30. The molecule has 0 unspecified atom stereocenters. The summed E-state index contributed by atoms with van der Waals surface area (Å²) in [5.74, 6) is -0.459. The van der Waals surface area contributed by atoms with Gasteiger partial charge in [0, 0.05) is 6.42 Å². The highest BCUT2D eigenvalue weighted by Gasteiger charge is 2.14. The summed E-state index contributed by atoms with van der Waals surface area (Å²) in [5.41, 5.74) is 5.08. The van der Waals surface area contributed by atoms with Gasteiger partial charge in [-0.15, -0.1) is 0 Å². The van der Waals surface area contributed by atoms with Gasteiger partial charge < -0.3 is 20.2 Å². The van der Waals surface area contributed by atoms with Gasteiger partial charge in [0.2, 0.25) is 0 Å². The van der Waals surface area contributed by atoms with Crippen molar-refractivity contribution in [1.29, 1.82) is 0 Å². The first-order valence-corrected chi connectivity index (χ1v) is 6.33. The maximum atomic E-state index is 11.9.